The van der Waals surface area contributed by atoms with Gasteiger partial charge < -0.3 is 5.11 Å². The molecular weight excluding hydrogens is 310 g/mol. The van der Waals surface area contributed by atoms with Crippen LogP contribution >= 0.6 is 15.9 Å². The van der Waals surface area contributed by atoms with Gasteiger partial charge in [0.2, 0.25) is 0 Å². The predicted octanol–water partition coefficient (Wildman–Crippen LogP) is 3.03. The number of carboxylic acid groups (broad SMARTS) is 1. The van der Waals surface area contributed by atoms with Crippen LogP contribution in [-0.4, -0.2) is 25.8 Å². The molecule has 0 aliphatic rings. The monoisotopic (exact) mass is 323 g/mol. The van der Waals surface area contributed by atoms with Gasteiger partial charge in [-0.25, -0.2) is 14.5 Å². The maximum Gasteiger partial charge on any atom is 0.335 e. The van der Waals surface area contributed by atoms with Crippen molar-refractivity contribution in [2.45, 2.75) is 26.2 Å². The van der Waals surface area contributed by atoms with E-state index in [2.05, 4.69) is 26.0 Å². The van der Waals surface area contributed by atoms with Crippen molar-refractivity contribution in [3.05, 3.63) is 40.3 Å². The summed E-state index contributed by atoms with van der Waals surface area (Å²) in [4.78, 5) is 15.7. The van der Waals surface area contributed by atoms with Crippen molar-refractivity contribution in [2.24, 2.45) is 0 Å². The Morgan fingerprint density at radius 1 is 1.37 bits per heavy atom. The van der Waals surface area contributed by atoms with Crippen molar-refractivity contribution in [1.82, 2.24) is 14.8 Å². The Balaban J connectivity index is 2.61. The molecule has 2 rings (SSSR count). The molecule has 100 valence electrons. The van der Waals surface area contributed by atoms with Crippen LogP contribution < -0.4 is 0 Å². The fourth-order valence-electron chi connectivity index (χ4n) is 1.57. The van der Waals surface area contributed by atoms with Crippen LogP contribution in [0, 0.1) is 0 Å². The first-order chi connectivity index (χ1) is 8.77. The molecule has 1 N–H and O–H groups in total. The molecule has 0 saturated carbocycles. The lowest BCUT2D eigenvalue weighted by Crippen LogP contribution is -2.17. The summed E-state index contributed by atoms with van der Waals surface area (Å²) in [5.74, 6) is -0.476. The summed E-state index contributed by atoms with van der Waals surface area (Å²) >= 11 is 3.31. The highest BCUT2D eigenvalue weighted by molar-refractivity contribution is 9.10. The van der Waals surface area contributed by atoms with Crippen LogP contribution in [0.2, 0.25) is 0 Å². The second kappa shape index (κ2) is 4.77. The maximum absolute atomic E-state index is 11.2. The van der Waals surface area contributed by atoms with Gasteiger partial charge in [-0.05, 0) is 28.1 Å². The number of carbonyl (C=O) groups is 1. The lowest BCUT2D eigenvalue weighted by molar-refractivity contribution is 0.0696. The summed E-state index contributed by atoms with van der Waals surface area (Å²) in [6, 6.07) is 3.11. The third-order valence-corrected chi connectivity index (χ3v) is 3.02. The zero-order valence-electron chi connectivity index (χ0n) is 10.9. The molecule has 0 aliphatic carbocycles. The number of aromatic nitrogens is 3. The molecule has 19 heavy (non-hydrogen) atoms. The van der Waals surface area contributed by atoms with Gasteiger partial charge in [-0.3, -0.25) is 0 Å². The van der Waals surface area contributed by atoms with Crippen LogP contribution in [0.5, 0.6) is 0 Å². The van der Waals surface area contributed by atoms with Gasteiger partial charge >= 0.3 is 5.97 Å². The molecule has 0 radical (unpaired) electrons. The first kappa shape index (κ1) is 13.7. The van der Waals surface area contributed by atoms with E-state index in [-0.39, 0.29) is 11.0 Å². The van der Waals surface area contributed by atoms with E-state index in [9.17, 15) is 9.90 Å². The minimum atomic E-state index is -0.972. The number of pyridine rings is 1. The van der Waals surface area contributed by atoms with E-state index in [1.807, 2.05) is 20.8 Å². The minimum Gasteiger partial charge on any atom is -0.478 e. The first-order valence-corrected chi connectivity index (χ1v) is 6.53. The molecule has 2 aromatic rings. The van der Waals surface area contributed by atoms with Gasteiger partial charge in [0.25, 0.3) is 0 Å². The fourth-order valence-corrected chi connectivity index (χ4v) is 1.85. The van der Waals surface area contributed by atoms with Gasteiger partial charge in [-0.15, -0.1) is 0 Å². The highest BCUT2D eigenvalue weighted by atomic mass is 79.9. The summed E-state index contributed by atoms with van der Waals surface area (Å²) < 4.78 is 2.36. The molecule has 0 fully saturated rings. The van der Waals surface area contributed by atoms with E-state index in [0.717, 1.165) is 4.47 Å². The fraction of sp³-hybridized carbons (Fsp3) is 0.308. The quantitative estimate of drug-likeness (QED) is 0.922. The first-order valence-electron chi connectivity index (χ1n) is 5.74. The SMILES string of the molecule is CC(C)(C)c1cc(C(=O)O)cc(-n2cc(Br)cn2)n1. The van der Waals surface area contributed by atoms with Gasteiger partial charge in [0.05, 0.1) is 16.2 Å². The van der Waals surface area contributed by atoms with E-state index in [1.54, 1.807) is 23.1 Å². The average molecular weight is 324 g/mol. The van der Waals surface area contributed by atoms with Crippen LogP contribution in [0.25, 0.3) is 5.82 Å². The molecule has 0 saturated heterocycles. The molecular formula is C13H14BrN3O2. The van der Waals surface area contributed by atoms with Crippen molar-refractivity contribution < 1.29 is 9.90 Å². The van der Waals surface area contributed by atoms with Crippen LogP contribution in [0.4, 0.5) is 0 Å². The molecule has 0 unspecified atom stereocenters. The summed E-state index contributed by atoms with van der Waals surface area (Å²) in [5, 5.41) is 13.3. The van der Waals surface area contributed by atoms with E-state index in [1.165, 1.54) is 6.07 Å². The Morgan fingerprint density at radius 2 is 2.05 bits per heavy atom. The minimum absolute atomic E-state index is 0.210. The van der Waals surface area contributed by atoms with Gasteiger partial charge in [0.1, 0.15) is 0 Å². The Kier molecular flexibility index (Phi) is 3.45. The lowest BCUT2D eigenvalue weighted by atomic mass is 9.91. The number of carboxylic acids is 1. The number of hydrogen-bond acceptors (Lipinski definition) is 3. The normalized spacial score (nSPS) is 11.6. The van der Waals surface area contributed by atoms with E-state index in [0.29, 0.717) is 11.5 Å². The summed E-state index contributed by atoms with van der Waals surface area (Å²) in [5.41, 5.74) is 0.695. The zero-order chi connectivity index (χ0) is 14.2. The second-order valence-electron chi connectivity index (χ2n) is 5.26. The summed E-state index contributed by atoms with van der Waals surface area (Å²) in [6.45, 7) is 5.97. The number of halogens is 1. The Labute approximate surface area is 119 Å². The van der Waals surface area contributed by atoms with Crippen LogP contribution in [-0.2, 0) is 5.41 Å². The number of aromatic carboxylic acids is 1. The topological polar surface area (TPSA) is 68.0 Å². The van der Waals surface area contributed by atoms with Gasteiger partial charge in [-0.1, -0.05) is 20.8 Å². The number of hydrogen-bond donors (Lipinski definition) is 1. The molecule has 0 spiro atoms. The second-order valence-corrected chi connectivity index (χ2v) is 6.17. The van der Waals surface area contributed by atoms with Gasteiger partial charge in [0.15, 0.2) is 5.82 Å². The maximum atomic E-state index is 11.2. The largest absolute Gasteiger partial charge is 0.478 e. The van der Waals surface area contributed by atoms with Gasteiger partial charge in [0, 0.05) is 17.3 Å². The van der Waals surface area contributed by atoms with E-state index >= 15 is 0 Å². The molecule has 0 amide bonds. The van der Waals surface area contributed by atoms with E-state index in [4.69, 9.17) is 0 Å². The molecule has 0 bridgehead atoms. The molecule has 6 heteroatoms. The van der Waals surface area contributed by atoms with Crippen molar-refractivity contribution in [2.75, 3.05) is 0 Å². The molecule has 0 atom stereocenters. The summed E-state index contributed by atoms with van der Waals surface area (Å²) in [6.07, 6.45) is 3.37. The molecule has 2 aromatic heterocycles. The highest BCUT2D eigenvalue weighted by Gasteiger charge is 2.19. The molecule has 2 heterocycles. The van der Waals surface area contributed by atoms with Crippen molar-refractivity contribution in [3.63, 3.8) is 0 Å². The molecule has 5 nitrogen and oxygen atoms in total. The predicted molar refractivity (Wildman–Crippen MR) is 74.7 cm³/mol. The van der Waals surface area contributed by atoms with Crippen LogP contribution in [0.15, 0.2) is 29.0 Å². The number of rotatable bonds is 2. The summed E-state index contributed by atoms with van der Waals surface area (Å²) in [7, 11) is 0. The van der Waals surface area contributed by atoms with Crippen molar-refractivity contribution in [1.29, 1.82) is 0 Å². The standard InChI is InChI=1S/C13H14BrN3O2/c1-13(2,3)10-4-8(12(18)19)5-11(16-10)17-7-9(14)6-15-17/h4-7H,1-3H3,(H,18,19). The van der Waals surface area contributed by atoms with E-state index < -0.39 is 5.97 Å². The average Bonchev–Trinajstić information content (AvgIpc) is 2.74. The molecule has 0 aromatic carbocycles. The Hall–Kier alpha value is -1.69. The number of nitrogens with zero attached hydrogens (tertiary/aromatic N) is 3. The van der Waals surface area contributed by atoms with Crippen LogP contribution in [0.1, 0.15) is 36.8 Å². The molecule has 0 aliphatic heterocycles. The van der Waals surface area contributed by atoms with Gasteiger partial charge in [-0.2, -0.15) is 5.10 Å². The van der Waals surface area contributed by atoms with Crippen LogP contribution in [0.3, 0.4) is 0 Å². The third-order valence-electron chi connectivity index (χ3n) is 2.61. The highest BCUT2D eigenvalue weighted by Crippen LogP contribution is 2.23. The smallest absolute Gasteiger partial charge is 0.335 e. The van der Waals surface area contributed by atoms with Crippen molar-refractivity contribution in [3.8, 4) is 5.82 Å². The Morgan fingerprint density at radius 3 is 2.53 bits per heavy atom. The van der Waals surface area contributed by atoms with Crippen molar-refractivity contribution >= 4 is 21.9 Å². The Bertz CT molecular complexity index is 629. The third kappa shape index (κ3) is 3.01. The lowest BCUT2D eigenvalue weighted by Gasteiger charge is -2.19. The zero-order valence-corrected chi connectivity index (χ0v) is 12.5.